The molecule has 1 aromatic carbocycles. The molecule has 0 aliphatic rings. The Kier molecular flexibility index (Phi) is 9.98. The van der Waals surface area contributed by atoms with Gasteiger partial charge in [0.1, 0.15) is 5.75 Å². The minimum absolute atomic E-state index is 0.239. The van der Waals surface area contributed by atoms with Crippen molar-refractivity contribution in [2.24, 2.45) is 0 Å². The number of nitrogens with one attached hydrogen (secondary N) is 1. The molecular formula is C17H29NO2. The van der Waals surface area contributed by atoms with Gasteiger partial charge in [-0.15, -0.1) is 0 Å². The lowest BCUT2D eigenvalue weighted by molar-refractivity contribution is 0.285. The normalized spacial score (nSPS) is 10.7. The topological polar surface area (TPSA) is 41.5 Å². The van der Waals surface area contributed by atoms with Crippen LogP contribution in [0.4, 0.5) is 0 Å². The quantitative estimate of drug-likeness (QED) is 0.575. The van der Waals surface area contributed by atoms with E-state index in [-0.39, 0.29) is 6.61 Å². The lowest BCUT2D eigenvalue weighted by Gasteiger charge is -2.12. The standard InChI is InChI=1S/C17H29NO2/c1-2-3-4-5-8-14-20-17-11-7-6-10-16(17)15-18-12-9-13-19/h6-7,10-11,18-19H,2-5,8-9,12-15H2,1H3. The van der Waals surface area contributed by atoms with Gasteiger partial charge in [0.15, 0.2) is 0 Å². The summed E-state index contributed by atoms with van der Waals surface area (Å²) in [6.45, 7) is 4.91. The van der Waals surface area contributed by atoms with Crippen LogP contribution in [0, 0.1) is 0 Å². The Morgan fingerprint density at radius 2 is 1.85 bits per heavy atom. The lowest BCUT2D eigenvalue weighted by atomic mass is 10.1. The van der Waals surface area contributed by atoms with E-state index in [1.165, 1.54) is 31.2 Å². The summed E-state index contributed by atoms with van der Waals surface area (Å²) in [6.07, 6.45) is 7.09. The summed E-state index contributed by atoms with van der Waals surface area (Å²) in [6, 6.07) is 8.19. The summed E-state index contributed by atoms with van der Waals surface area (Å²) >= 11 is 0. The molecule has 2 N–H and O–H groups in total. The van der Waals surface area contributed by atoms with Crippen LogP contribution in [0.3, 0.4) is 0 Å². The van der Waals surface area contributed by atoms with Crippen LogP contribution in [0.1, 0.15) is 51.0 Å². The van der Waals surface area contributed by atoms with Crippen molar-refractivity contribution in [3.05, 3.63) is 29.8 Å². The second-order valence-corrected chi connectivity index (χ2v) is 5.12. The molecule has 0 heterocycles. The molecule has 0 saturated heterocycles. The minimum Gasteiger partial charge on any atom is -0.493 e. The van der Waals surface area contributed by atoms with Gasteiger partial charge in [-0.3, -0.25) is 0 Å². The van der Waals surface area contributed by atoms with Crippen LogP contribution in [-0.4, -0.2) is 24.9 Å². The van der Waals surface area contributed by atoms with Gasteiger partial charge in [-0.05, 0) is 25.5 Å². The van der Waals surface area contributed by atoms with Gasteiger partial charge in [0.05, 0.1) is 6.61 Å². The number of hydrogen-bond donors (Lipinski definition) is 2. The number of hydrogen-bond acceptors (Lipinski definition) is 3. The minimum atomic E-state index is 0.239. The molecule has 0 saturated carbocycles. The maximum Gasteiger partial charge on any atom is 0.123 e. The molecule has 0 unspecified atom stereocenters. The molecule has 1 aromatic rings. The zero-order valence-corrected chi connectivity index (χ0v) is 12.7. The van der Waals surface area contributed by atoms with E-state index >= 15 is 0 Å². The Morgan fingerprint density at radius 1 is 1.05 bits per heavy atom. The highest BCUT2D eigenvalue weighted by molar-refractivity contribution is 5.33. The largest absolute Gasteiger partial charge is 0.493 e. The van der Waals surface area contributed by atoms with E-state index in [9.17, 15) is 0 Å². The molecule has 0 aromatic heterocycles. The zero-order chi connectivity index (χ0) is 14.5. The van der Waals surface area contributed by atoms with E-state index in [1.807, 2.05) is 18.2 Å². The Morgan fingerprint density at radius 3 is 2.65 bits per heavy atom. The molecule has 0 aliphatic heterocycles. The number of ether oxygens (including phenoxy) is 1. The van der Waals surface area contributed by atoms with Gasteiger partial charge in [0.25, 0.3) is 0 Å². The monoisotopic (exact) mass is 279 g/mol. The van der Waals surface area contributed by atoms with Crippen LogP contribution >= 0.6 is 0 Å². The van der Waals surface area contributed by atoms with E-state index in [4.69, 9.17) is 9.84 Å². The van der Waals surface area contributed by atoms with Crippen molar-refractivity contribution in [1.82, 2.24) is 5.32 Å². The summed E-state index contributed by atoms with van der Waals surface area (Å²) < 4.78 is 5.88. The fourth-order valence-corrected chi connectivity index (χ4v) is 2.11. The molecule has 1 rings (SSSR count). The van der Waals surface area contributed by atoms with E-state index in [0.717, 1.165) is 38.3 Å². The summed E-state index contributed by atoms with van der Waals surface area (Å²) in [5, 5.41) is 12.1. The third kappa shape index (κ3) is 7.51. The second-order valence-electron chi connectivity index (χ2n) is 5.12. The number of para-hydroxylation sites is 1. The van der Waals surface area contributed by atoms with Crippen molar-refractivity contribution in [2.45, 2.75) is 52.0 Å². The molecule has 20 heavy (non-hydrogen) atoms. The summed E-state index contributed by atoms with van der Waals surface area (Å²) in [7, 11) is 0. The Bertz CT molecular complexity index is 342. The first kappa shape index (κ1) is 17.0. The highest BCUT2D eigenvalue weighted by Gasteiger charge is 2.02. The molecule has 0 aliphatic carbocycles. The molecular weight excluding hydrogens is 250 g/mol. The molecule has 0 atom stereocenters. The van der Waals surface area contributed by atoms with Crippen molar-refractivity contribution in [3.8, 4) is 5.75 Å². The van der Waals surface area contributed by atoms with Gasteiger partial charge in [0, 0.05) is 18.7 Å². The smallest absolute Gasteiger partial charge is 0.123 e. The first-order chi connectivity index (χ1) is 9.88. The van der Waals surface area contributed by atoms with Gasteiger partial charge in [0.2, 0.25) is 0 Å². The molecule has 114 valence electrons. The average Bonchev–Trinajstić information content (AvgIpc) is 2.48. The summed E-state index contributed by atoms with van der Waals surface area (Å²) in [4.78, 5) is 0. The lowest BCUT2D eigenvalue weighted by Crippen LogP contribution is -2.16. The first-order valence-electron chi connectivity index (χ1n) is 7.90. The van der Waals surface area contributed by atoms with Crippen molar-refractivity contribution in [3.63, 3.8) is 0 Å². The van der Waals surface area contributed by atoms with Crippen LogP contribution < -0.4 is 10.1 Å². The third-order valence-electron chi connectivity index (χ3n) is 3.31. The van der Waals surface area contributed by atoms with E-state index in [0.29, 0.717) is 0 Å². The van der Waals surface area contributed by atoms with Crippen LogP contribution in [0.5, 0.6) is 5.75 Å². The maximum absolute atomic E-state index is 8.76. The Balaban J connectivity index is 2.26. The average molecular weight is 279 g/mol. The maximum atomic E-state index is 8.76. The summed E-state index contributed by atoms with van der Waals surface area (Å²) in [5.74, 6) is 0.986. The van der Waals surface area contributed by atoms with Crippen LogP contribution in [0.15, 0.2) is 24.3 Å². The number of rotatable bonds is 12. The molecule has 0 radical (unpaired) electrons. The highest BCUT2D eigenvalue weighted by atomic mass is 16.5. The fraction of sp³-hybridized carbons (Fsp3) is 0.647. The molecule has 0 spiro atoms. The zero-order valence-electron chi connectivity index (χ0n) is 12.7. The van der Waals surface area contributed by atoms with Gasteiger partial charge in [-0.25, -0.2) is 0 Å². The van der Waals surface area contributed by atoms with Crippen LogP contribution in [0.25, 0.3) is 0 Å². The van der Waals surface area contributed by atoms with Crippen molar-refractivity contribution in [1.29, 1.82) is 0 Å². The van der Waals surface area contributed by atoms with Crippen LogP contribution in [0.2, 0.25) is 0 Å². The fourth-order valence-electron chi connectivity index (χ4n) is 2.11. The van der Waals surface area contributed by atoms with E-state index < -0.39 is 0 Å². The van der Waals surface area contributed by atoms with Gasteiger partial charge in [-0.2, -0.15) is 0 Å². The molecule has 0 amide bonds. The number of benzene rings is 1. The predicted molar refractivity (Wildman–Crippen MR) is 84.1 cm³/mol. The Hall–Kier alpha value is -1.06. The van der Waals surface area contributed by atoms with E-state index in [1.54, 1.807) is 0 Å². The number of aliphatic hydroxyl groups is 1. The Labute approximate surface area is 123 Å². The van der Waals surface area contributed by atoms with Crippen molar-refractivity contribution in [2.75, 3.05) is 19.8 Å². The van der Waals surface area contributed by atoms with Crippen molar-refractivity contribution < 1.29 is 9.84 Å². The predicted octanol–water partition coefficient (Wildman–Crippen LogP) is 3.51. The number of aliphatic hydroxyl groups excluding tert-OH is 1. The third-order valence-corrected chi connectivity index (χ3v) is 3.31. The SMILES string of the molecule is CCCCCCCOc1ccccc1CNCCCO. The van der Waals surface area contributed by atoms with Gasteiger partial charge < -0.3 is 15.2 Å². The molecule has 0 bridgehead atoms. The molecule has 3 nitrogen and oxygen atoms in total. The van der Waals surface area contributed by atoms with Gasteiger partial charge in [-0.1, -0.05) is 50.8 Å². The molecule has 0 fully saturated rings. The second kappa shape index (κ2) is 11.7. The van der Waals surface area contributed by atoms with Gasteiger partial charge >= 0.3 is 0 Å². The van der Waals surface area contributed by atoms with E-state index in [2.05, 4.69) is 18.3 Å². The molecule has 3 heteroatoms. The van der Waals surface area contributed by atoms with Crippen LogP contribution in [-0.2, 0) is 6.54 Å². The first-order valence-corrected chi connectivity index (χ1v) is 7.90. The highest BCUT2D eigenvalue weighted by Crippen LogP contribution is 2.18. The van der Waals surface area contributed by atoms with Crippen molar-refractivity contribution >= 4 is 0 Å². The summed E-state index contributed by atoms with van der Waals surface area (Å²) in [5.41, 5.74) is 1.19. The number of unbranched alkanes of at least 4 members (excludes halogenated alkanes) is 4.